The van der Waals surface area contributed by atoms with Gasteiger partial charge < -0.3 is 10.6 Å². The molecule has 1 aliphatic rings. The summed E-state index contributed by atoms with van der Waals surface area (Å²) in [6, 6.07) is 2.48. The van der Waals surface area contributed by atoms with Gasteiger partial charge in [0.15, 0.2) is 5.82 Å². The molecule has 0 saturated heterocycles. The van der Waals surface area contributed by atoms with Gasteiger partial charge in [0, 0.05) is 11.8 Å². The van der Waals surface area contributed by atoms with Gasteiger partial charge in [0.2, 0.25) is 5.91 Å². The third-order valence-corrected chi connectivity index (χ3v) is 4.10. The fraction of sp³-hybridized carbons (Fsp3) is 0.750. The lowest BCUT2D eigenvalue weighted by molar-refractivity contribution is -0.115. The number of anilines is 1. The van der Waals surface area contributed by atoms with Crippen molar-refractivity contribution in [1.82, 2.24) is 15.1 Å². The second-order valence-electron chi connectivity index (χ2n) is 5.99. The number of rotatable bonds is 7. The lowest BCUT2D eigenvalue weighted by Crippen LogP contribution is -2.29. The van der Waals surface area contributed by atoms with Crippen molar-refractivity contribution in [1.29, 1.82) is 0 Å². The van der Waals surface area contributed by atoms with Crippen molar-refractivity contribution in [2.24, 2.45) is 0 Å². The van der Waals surface area contributed by atoms with E-state index in [9.17, 15) is 4.79 Å². The first-order valence-electron chi connectivity index (χ1n) is 8.27. The number of hydrogen-bond acceptors (Lipinski definition) is 3. The predicted molar refractivity (Wildman–Crippen MR) is 85.5 cm³/mol. The van der Waals surface area contributed by atoms with E-state index in [1.807, 2.05) is 6.07 Å². The van der Waals surface area contributed by atoms with Gasteiger partial charge in [-0.1, -0.05) is 32.6 Å². The van der Waals surface area contributed by atoms with Crippen molar-refractivity contribution in [2.45, 2.75) is 64.8 Å². The number of nitrogens with zero attached hydrogens (tertiary/aromatic N) is 2. The van der Waals surface area contributed by atoms with Crippen LogP contribution in [0.3, 0.4) is 0 Å². The average molecular weight is 292 g/mol. The van der Waals surface area contributed by atoms with Crippen LogP contribution < -0.4 is 10.6 Å². The minimum atomic E-state index is -0.0144. The summed E-state index contributed by atoms with van der Waals surface area (Å²) < 4.78 is 2.10. The Kier molecular flexibility index (Phi) is 6.23. The van der Waals surface area contributed by atoms with Crippen LogP contribution in [-0.2, 0) is 4.79 Å². The summed E-state index contributed by atoms with van der Waals surface area (Å²) in [7, 11) is 0. The molecule has 5 nitrogen and oxygen atoms in total. The summed E-state index contributed by atoms with van der Waals surface area (Å²) in [4.78, 5) is 11.8. The van der Waals surface area contributed by atoms with Gasteiger partial charge in [-0.15, -0.1) is 0 Å². The molecule has 0 aromatic carbocycles. The van der Waals surface area contributed by atoms with Crippen molar-refractivity contribution in [3.63, 3.8) is 0 Å². The zero-order chi connectivity index (χ0) is 15.1. The van der Waals surface area contributed by atoms with Crippen molar-refractivity contribution in [3.8, 4) is 0 Å². The fourth-order valence-corrected chi connectivity index (χ4v) is 2.93. The third-order valence-electron chi connectivity index (χ3n) is 4.10. The Labute approximate surface area is 127 Å². The van der Waals surface area contributed by atoms with Gasteiger partial charge in [-0.05, 0) is 32.7 Å². The van der Waals surface area contributed by atoms with Gasteiger partial charge >= 0.3 is 0 Å². The van der Waals surface area contributed by atoms with Crippen molar-refractivity contribution >= 4 is 11.7 Å². The fourth-order valence-electron chi connectivity index (χ4n) is 2.93. The molecule has 1 aliphatic carbocycles. The van der Waals surface area contributed by atoms with Gasteiger partial charge in [0.1, 0.15) is 0 Å². The Morgan fingerprint density at radius 1 is 1.38 bits per heavy atom. The van der Waals surface area contributed by atoms with Gasteiger partial charge in [0.05, 0.1) is 12.6 Å². The quantitative estimate of drug-likeness (QED) is 0.759. The van der Waals surface area contributed by atoms with Gasteiger partial charge in [0.25, 0.3) is 0 Å². The van der Waals surface area contributed by atoms with E-state index >= 15 is 0 Å². The molecule has 2 rings (SSSR count). The van der Waals surface area contributed by atoms with Gasteiger partial charge in [-0.2, -0.15) is 5.10 Å². The standard InChI is InChI=1S/C16H28N4O/c1-3-4-10-17-12-16(21)18-15-11-13(2)20(19-15)14-8-6-5-7-9-14/h11,14,17H,3-10,12H2,1-2H3,(H,18,19,21). The monoisotopic (exact) mass is 292 g/mol. The maximum Gasteiger partial charge on any atom is 0.239 e. The molecule has 0 atom stereocenters. The molecule has 1 amide bonds. The number of carbonyl (C=O) groups excluding carboxylic acids is 1. The van der Waals surface area contributed by atoms with Crippen LogP contribution in [0, 0.1) is 6.92 Å². The van der Waals surface area contributed by atoms with E-state index < -0.39 is 0 Å². The summed E-state index contributed by atoms with van der Waals surface area (Å²) in [6.07, 6.45) is 8.55. The molecule has 118 valence electrons. The number of nitrogens with one attached hydrogen (secondary N) is 2. The first-order chi connectivity index (χ1) is 10.2. The number of carbonyl (C=O) groups is 1. The van der Waals surface area contributed by atoms with Crippen molar-refractivity contribution in [3.05, 3.63) is 11.8 Å². The van der Waals surface area contributed by atoms with Crippen LogP contribution in [0.25, 0.3) is 0 Å². The zero-order valence-corrected chi connectivity index (χ0v) is 13.3. The smallest absolute Gasteiger partial charge is 0.239 e. The van der Waals surface area contributed by atoms with E-state index in [4.69, 9.17) is 0 Å². The summed E-state index contributed by atoms with van der Waals surface area (Å²) in [6.45, 7) is 5.45. The lowest BCUT2D eigenvalue weighted by Gasteiger charge is -2.23. The van der Waals surface area contributed by atoms with Crippen LogP contribution in [0.2, 0.25) is 0 Å². The lowest BCUT2D eigenvalue weighted by atomic mass is 9.95. The molecule has 1 fully saturated rings. The van der Waals surface area contributed by atoms with E-state index in [-0.39, 0.29) is 5.91 Å². The minimum Gasteiger partial charge on any atom is -0.308 e. The highest BCUT2D eigenvalue weighted by molar-refractivity contribution is 5.91. The topological polar surface area (TPSA) is 59.0 Å². The number of aryl methyl sites for hydroxylation is 1. The molecule has 21 heavy (non-hydrogen) atoms. The normalized spacial score (nSPS) is 16.1. The molecule has 5 heteroatoms. The molecule has 1 heterocycles. The van der Waals surface area contributed by atoms with Gasteiger partial charge in [-0.3, -0.25) is 9.48 Å². The van der Waals surface area contributed by atoms with E-state index in [1.165, 1.54) is 32.1 Å². The third kappa shape index (κ3) is 4.84. The first-order valence-corrected chi connectivity index (χ1v) is 8.27. The van der Waals surface area contributed by atoms with E-state index in [0.29, 0.717) is 18.4 Å². The summed E-state index contributed by atoms with van der Waals surface area (Å²) >= 11 is 0. The number of amides is 1. The second-order valence-corrected chi connectivity index (χ2v) is 5.99. The number of aromatic nitrogens is 2. The molecule has 1 aromatic heterocycles. The minimum absolute atomic E-state index is 0.0144. The number of hydrogen-bond donors (Lipinski definition) is 2. The first kappa shape index (κ1) is 16.0. The van der Waals surface area contributed by atoms with Crippen LogP contribution in [0.15, 0.2) is 6.07 Å². The molecular formula is C16H28N4O. The molecule has 0 radical (unpaired) electrons. The Morgan fingerprint density at radius 2 is 2.14 bits per heavy atom. The second kappa shape index (κ2) is 8.17. The van der Waals surface area contributed by atoms with Crippen LogP contribution in [0.1, 0.15) is 63.6 Å². The maximum atomic E-state index is 11.8. The van der Waals surface area contributed by atoms with Crippen LogP contribution in [0.4, 0.5) is 5.82 Å². The highest BCUT2D eigenvalue weighted by Crippen LogP contribution is 2.29. The van der Waals surface area contributed by atoms with Crippen molar-refractivity contribution < 1.29 is 4.79 Å². The van der Waals surface area contributed by atoms with E-state index in [0.717, 1.165) is 25.1 Å². The van der Waals surface area contributed by atoms with Gasteiger partial charge in [-0.25, -0.2) is 0 Å². The Hall–Kier alpha value is -1.36. The highest BCUT2D eigenvalue weighted by atomic mass is 16.2. The molecule has 2 N–H and O–H groups in total. The average Bonchev–Trinajstić information content (AvgIpc) is 2.85. The molecule has 1 saturated carbocycles. The molecular weight excluding hydrogens is 264 g/mol. The molecule has 0 unspecified atom stereocenters. The number of unbranched alkanes of at least 4 members (excludes halogenated alkanes) is 1. The van der Waals surface area contributed by atoms with E-state index in [1.54, 1.807) is 0 Å². The van der Waals surface area contributed by atoms with Crippen LogP contribution >= 0.6 is 0 Å². The maximum absolute atomic E-state index is 11.8. The van der Waals surface area contributed by atoms with Crippen LogP contribution in [-0.4, -0.2) is 28.8 Å². The summed E-state index contributed by atoms with van der Waals surface area (Å²) in [5.74, 6) is 0.666. The molecule has 0 spiro atoms. The predicted octanol–water partition coefficient (Wildman–Crippen LogP) is 3.02. The molecule has 1 aromatic rings. The Balaban J connectivity index is 1.84. The zero-order valence-electron chi connectivity index (χ0n) is 13.3. The molecule has 0 aliphatic heterocycles. The SMILES string of the molecule is CCCCNCC(=O)Nc1cc(C)n(C2CCCCC2)n1. The molecule has 0 bridgehead atoms. The highest BCUT2D eigenvalue weighted by Gasteiger charge is 2.18. The Bertz CT molecular complexity index is 449. The Morgan fingerprint density at radius 3 is 2.86 bits per heavy atom. The van der Waals surface area contributed by atoms with Crippen molar-refractivity contribution in [2.75, 3.05) is 18.4 Å². The summed E-state index contributed by atoms with van der Waals surface area (Å²) in [5.41, 5.74) is 1.14. The largest absolute Gasteiger partial charge is 0.308 e. The van der Waals surface area contributed by atoms with E-state index in [2.05, 4.69) is 34.3 Å². The van der Waals surface area contributed by atoms with Crippen LogP contribution in [0.5, 0.6) is 0 Å². The summed E-state index contributed by atoms with van der Waals surface area (Å²) in [5, 5.41) is 10.6.